The predicted octanol–water partition coefficient (Wildman–Crippen LogP) is 1.96. The van der Waals surface area contributed by atoms with Gasteiger partial charge in [0.15, 0.2) is 17.3 Å². The molecule has 112 valence electrons. The Hall–Kier alpha value is -2.50. The van der Waals surface area contributed by atoms with Crippen molar-refractivity contribution in [2.24, 2.45) is 0 Å². The molecule has 0 spiro atoms. The van der Waals surface area contributed by atoms with Gasteiger partial charge < -0.3 is 20.1 Å². The Bertz CT molecular complexity index is 637. The molecule has 6 nitrogen and oxygen atoms in total. The van der Waals surface area contributed by atoms with E-state index in [-0.39, 0.29) is 17.6 Å². The summed E-state index contributed by atoms with van der Waals surface area (Å²) in [4.78, 5) is 25.3. The maximum absolute atomic E-state index is 12.0. The van der Waals surface area contributed by atoms with Crippen molar-refractivity contribution in [1.29, 1.82) is 0 Å². The molecule has 0 bridgehead atoms. The smallest absolute Gasteiger partial charge is 0.322 e. The van der Waals surface area contributed by atoms with Crippen LogP contribution in [0.15, 0.2) is 29.5 Å². The Kier molecular flexibility index (Phi) is 3.88. The summed E-state index contributed by atoms with van der Waals surface area (Å²) >= 11 is 0. The lowest BCUT2D eigenvalue weighted by Crippen LogP contribution is -2.45. The Morgan fingerprint density at radius 1 is 1.43 bits per heavy atom. The number of benzene rings is 1. The first-order valence-electron chi connectivity index (χ1n) is 6.49. The average molecular weight is 290 g/mol. The second-order valence-corrected chi connectivity index (χ2v) is 4.93. The molecule has 1 aliphatic heterocycles. The second-order valence-electron chi connectivity index (χ2n) is 4.93. The van der Waals surface area contributed by atoms with E-state index in [0.29, 0.717) is 22.6 Å². The van der Waals surface area contributed by atoms with E-state index in [0.717, 1.165) is 0 Å². The van der Waals surface area contributed by atoms with Crippen LogP contribution in [0, 0.1) is 0 Å². The van der Waals surface area contributed by atoms with Crippen LogP contribution in [-0.4, -0.2) is 36.0 Å². The largest absolute Gasteiger partial charge is 0.504 e. The summed E-state index contributed by atoms with van der Waals surface area (Å²) in [5, 5.41) is 12.4. The van der Waals surface area contributed by atoms with Crippen molar-refractivity contribution in [1.82, 2.24) is 10.2 Å². The Labute approximate surface area is 123 Å². The zero-order chi connectivity index (χ0) is 15.7. The molecule has 0 unspecified atom stereocenters. The van der Waals surface area contributed by atoms with E-state index in [2.05, 4.69) is 5.32 Å². The van der Waals surface area contributed by atoms with Crippen molar-refractivity contribution in [2.45, 2.75) is 19.9 Å². The summed E-state index contributed by atoms with van der Waals surface area (Å²) in [5.41, 5.74) is 1.81. The van der Waals surface area contributed by atoms with Crippen LogP contribution in [0.1, 0.15) is 25.5 Å². The van der Waals surface area contributed by atoms with Crippen molar-refractivity contribution in [2.75, 3.05) is 14.2 Å². The number of carbonyl (C=O) groups is 2. The van der Waals surface area contributed by atoms with E-state index < -0.39 is 6.04 Å². The number of ketones is 1. The van der Waals surface area contributed by atoms with E-state index in [1.807, 2.05) is 0 Å². The number of hydrogen-bond donors (Lipinski definition) is 2. The number of hydrogen-bond acceptors (Lipinski definition) is 4. The first-order chi connectivity index (χ1) is 9.86. The topological polar surface area (TPSA) is 78.9 Å². The highest BCUT2D eigenvalue weighted by atomic mass is 16.5. The first-order valence-corrected chi connectivity index (χ1v) is 6.49. The average Bonchev–Trinajstić information content (AvgIpc) is 2.44. The molecule has 1 heterocycles. The zero-order valence-electron chi connectivity index (χ0n) is 12.4. The lowest BCUT2D eigenvalue weighted by molar-refractivity contribution is -0.114. The summed E-state index contributed by atoms with van der Waals surface area (Å²) in [6.07, 6.45) is 0. The van der Waals surface area contributed by atoms with Crippen LogP contribution < -0.4 is 10.1 Å². The summed E-state index contributed by atoms with van der Waals surface area (Å²) in [7, 11) is 3.06. The minimum atomic E-state index is -0.555. The molecule has 0 radical (unpaired) electrons. The SMILES string of the molecule is COc1cc([C@H]2NC(=O)N(C)C(C)=C2C(C)=O)ccc1O. The van der Waals surface area contributed by atoms with Gasteiger partial charge in [0.2, 0.25) is 0 Å². The standard InChI is InChI=1S/C15H18N2O4/c1-8-13(9(2)18)14(16-15(20)17(8)3)10-5-6-11(19)12(7-10)21-4/h5-7,14,19H,1-4H3,(H,16,20)/t14-/m1/s1. The second kappa shape index (κ2) is 5.47. The maximum Gasteiger partial charge on any atom is 0.322 e. The number of Topliss-reactive ketones (excluding diaryl/α,β-unsaturated/α-hetero) is 1. The highest BCUT2D eigenvalue weighted by Gasteiger charge is 2.32. The van der Waals surface area contributed by atoms with Crippen LogP contribution in [0.2, 0.25) is 0 Å². The third-order valence-corrected chi connectivity index (χ3v) is 3.67. The monoisotopic (exact) mass is 290 g/mol. The van der Waals surface area contributed by atoms with Crippen LogP contribution in [0.3, 0.4) is 0 Å². The maximum atomic E-state index is 12.0. The number of carbonyl (C=O) groups excluding carboxylic acids is 2. The molecule has 0 aromatic heterocycles. The molecule has 0 saturated heterocycles. The Morgan fingerprint density at radius 3 is 2.67 bits per heavy atom. The van der Waals surface area contributed by atoms with E-state index in [1.165, 1.54) is 25.0 Å². The van der Waals surface area contributed by atoms with Crippen molar-refractivity contribution in [3.05, 3.63) is 35.0 Å². The third kappa shape index (κ3) is 2.56. The third-order valence-electron chi connectivity index (χ3n) is 3.67. The minimum Gasteiger partial charge on any atom is -0.504 e. The Balaban J connectivity index is 2.55. The molecule has 2 amide bonds. The molecular weight excluding hydrogens is 272 g/mol. The van der Waals surface area contributed by atoms with Gasteiger partial charge in [-0.05, 0) is 31.5 Å². The van der Waals surface area contributed by atoms with Gasteiger partial charge >= 0.3 is 6.03 Å². The summed E-state index contributed by atoms with van der Waals surface area (Å²) in [6, 6.07) is 3.91. The van der Waals surface area contributed by atoms with Gasteiger partial charge in [-0.3, -0.25) is 4.79 Å². The van der Waals surface area contributed by atoms with Crippen molar-refractivity contribution in [3.8, 4) is 11.5 Å². The molecule has 6 heteroatoms. The fourth-order valence-corrected chi connectivity index (χ4v) is 2.42. The van der Waals surface area contributed by atoms with Crippen molar-refractivity contribution in [3.63, 3.8) is 0 Å². The van der Waals surface area contributed by atoms with Crippen molar-refractivity contribution >= 4 is 11.8 Å². The van der Waals surface area contributed by atoms with Gasteiger partial charge in [0, 0.05) is 18.3 Å². The summed E-state index contributed by atoms with van der Waals surface area (Å²) in [6.45, 7) is 3.20. The molecule has 1 atom stereocenters. The highest BCUT2D eigenvalue weighted by molar-refractivity contribution is 5.98. The number of nitrogens with one attached hydrogen (secondary N) is 1. The van der Waals surface area contributed by atoms with Crippen LogP contribution in [-0.2, 0) is 4.79 Å². The number of ether oxygens (including phenoxy) is 1. The molecule has 1 aliphatic rings. The quantitative estimate of drug-likeness (QED) is 0.892. The number of phenolic OH excluding ortho intramolecular Hbond substituents is 1. The summed E-state index contributed by atoms with van der Waals surface area (Å²) in [5.74, 6) is 0.184. The van der Waals surface area contributed by atoms with Gasteiger partial charge in [-0.2, -0.15) is 0 Å². The van der Waals surface area contributed by atoms with Gasteiger partial charge in [0.05, 0.1) is 13.2 Å². The molecule has 2 N–H and O–H groups in total. The minimum absolute atomic E-state index is 0.00517. The molecule has 0 saturated carbocycles. The van der Waals surface area contributed by atoms with E-state index in [9.17, 15) is 14.7 Å². The molecule has 0 fully saturated rings. The number of rotatable bonds is 3. The molecular formula is C15H18N2O4. The van der Waals surface area contributed by atoms with Gasteiger partial charge in [0.25, 0.3) is 0 Å². The molecule has 1 aromatic carbocycles. The molecule has 1 aromatic rings. The number of urea groups is 1. The van der Waals surface area contributed by atoms with Crippen molar-refractivity contribution < 1.29 is 19.4 Å². The van der Waals surface area contributed by atoms with E-state index >= 15 is 0 Å². The van der Waals surface area contributed by atoms with Crippen LogP contribution >= 0.6 is 0 Å². The zero-order valence-corrected chi connectivity index (χ0v) is 12.4. The van der Waals surface area contributed by atoms with Crippen LogP contribution in [0.4, 0.5) is 4.79 Å². The van der Waals surface area contributed by atoms with Gasteiger partial charge in [-0.25, -0.2) is 4.79 Å². The number of amides is 2. The summed E-state index contributed by atoms with van der Waals surface area (Å²) < 4.78 is 5.07. The lowest BCUT2D eigenvalue weighted by Gasteiger charge is -2.33. The predicted molar refractivity (Wildman–Crippen MR) is 77.1 cm³/mol. The molecule has 0 aliphatic carbocycles. The van der Waals surface area contributed by atoms with E-state index in [1.54, 1.807) is 26.1 Å². The number of phenols is 1. The fourth-order valence-electron chi connectivity index (χ4n) is 2.42. The number of aromatic hydroxyl groups is 1. The Morgan fingerprint density at radius 2 is 2.10 bits per heavy atom. The molecule has 21 heavy (non-hydrogen) atoms. The van der Waals surface area contributed by atoms with Gasteiger partial charge in [-0.1, -0.05) is 6.07 Å². The van der Waals surface area contributed by atoms with Crippen LogP contribution in [0.25, 0.3) is 0 Å². The van der Waals surface area contributed by atoms with Crippen LogP contribution in [0.5, 0.6) is 11.5 Å². The van der Waals surface area contributed by atoms with Gasteiger partial charge in [-0.15, -0.1) is 0 Å². The lowest BCUT2D eigenvalue weighted by atomic mass is 9.92. The number of methoxy groups -OCH3 is 1. The fraction of sp³-hybridized carbons (Fsp3) is 0.333. The molecule has 2 rings (SSSR count). The number of allylic oxidation sites excluding steroid dienone is 1. The highest BCUT2D eigenvalue weighted by Crippen LogP contribution is 2.34. The number of nitrogens with zero attached hydrogens (tertiary/aromatic N) is 1. The normalized spacial score (nSPS) is 18.6. The first kappa shape index (κ1) is 14.9. The van der Waals surface area contributed by atoms with Gasteiger partial charge in [0.1, 0.15) is 0 Å². The van der Waals surface area contributed by atoms with E-state index in [4.69, 9.17) is 4.74 Å².